The van der Waals surface area contributed by atoms with Crippen LogP contribution in [-0.4, -0.2) is 64.1 Å². The monoisotopic (exact) mass is 410 g/mol. The second-order valence-electron chi connectivity index (χ2n) is 8.15. The van der Waals surface area contributed by atoms with Gasteiger partial charge in [0.15, 0.2) is 0 Å². The first-order valence-corrected chi connectivity index (χ1v) is 11.0. The van der Waals surface area contributed by atoms with Crippen LogP contribution in [-0.2, 0) is 11.2 Å². The molecule has 4 rings (SSSR count). The van der Waals surface area contributed by atoms with Gasteiger partial charge < -0.3 is 14.5 Å². The molecule has 30 heavy (non-hydrogen) atoms. The number of amides is 2. The van der Waals surface area contributed by atoms with E-state index in [9.17, 15) is 9.59 Å². The lowest BCUT2D eigenvalue weighted by molar-refractivity contribution is -0.135. The Hall–Kier alpha value is -2.83. The average molecular weight is 411 g/mol. The molecule has 2 aliphatic heterocycles. The summed E-state index contributed by atoms with van der Waals surface area (Å²) >= 11 is 0. The van der Waals surface area contributed by atoms with Crippen LogP contribution in [0.5, 0.6) is 5.75 Å². The van der Waals surface area contributed by atoms with E-state index in [2.05, 4.69) is 27.2 Å². The predicted molar refractivity (Wildman–Crippen MR) is 113 cm³/mol. The second-order valence-corrected chi connectivity index (χ2v) is 8.15. The van der Waals surface area contributed by atoms with E-state index in [1.807, 2.05) is 12.1 Å². The molecule has 1 fully saturated rings. The summed E-state index contributed by atoms with van der Waals surface area (Å²) in [4.78, 5) is 29.7. The standard InChI is InChI=1S/C23H30N4O3/c28-22-8-4-11-26(23(29)19-16-24-25-17-19)13-14-30-21-7-3-5-18(15-21)9-10-20-6-1-2-12-27(20)22/h3,5,7,15-17,20H,1-2,4,6,8-14H2,(H,24,25). The van der Waals surface area contributed by atoms with E-state index in [0.29, 0.717) is 44.1 Å². The maximum Gasteiger partial charge on any atom is 0.257 e. The van der Waals surface area contributed by atoms with Crippen LogP contribution in [0.3, 0.4) is 0 Å². The number of hydrogen-bond donors (Lipinski definition) is 1. The number of aromatic nitrogens is 2. The zero-order chi connectivity index (χ0) is 20.8. The third kappa shape index (κ3) is 5.01. The first-order valence-electron chi connectivity index (χ1n) is 11.0. The third-order valence-corrected chi connectivity index (χ3v) is 6.09. The SMILES string of the molecule is O=C(c1cn[nH]c1)N1CCCC(=O)N2CCCCC2CCc2cccc(c2)OCC1. The highest BCUT2D eigenvalue weighted by Crippen LogP contribution is 2.24. The highest BCUT2D eigenvalue weighted by atomic mass is 16.5. The quantitative estimate of drug-likeness (QED) is 0.784. The lowest BCUT2D eigenvalue weighted by Crippen LogP contribution is -2.44. The molecule has 1 unspecified atom stereocenters. The van der Waals surface area contributed by atoms with Crippen molar-refractivity contribution in [2.24, 2.45) is 0 Å². The van der Waals surface area contributed by atoms with E-state index < -0.39 is 0 Å². The minimum Gasteiger partial charge on any atom is -0.492 e. The smallest absolute Gasteiger partial charge is 0.257 e. The van der Waals surface area contributed by atoms with Crippen molar-refractivity contribution in [2.75, 3.05) is 26.2 Å². The van der Waals surface area contributed by atoms with Crippen LogP contribution in [0.4, 0.5) is 0 Å². The van der Waals surface area contributed by atoms with Gasteiger partial charge in [0.25, 0.3) is 5.91 Å². The maximum absolute atomic E-state index is 13.0. The Bertz CT molecular complexity index is 852. The number of benzene rings is 1. The summed E-state index contributed by atoms with van der Waals surface area (Å²) in [6.07, 6.45) is 9.53. The molecule has 0 saturated carbocycles. The first-order chi connectivity index (χ1) is 14.7. The molecule has 2 bridgehead atoms. The molecule has 1 aromatic carbocycles. The molecular weight excluding hydrogens is 380 g/mol. The van der Waals surface area contributed by atoms with Gasteiger partial charge in [-0.05, 0) is 56.2 Å². The molecule has 0 spiro atoms. The minimum atomic E-state index is -0.0892. The van der Waals surface area contributed by atoms with Gasteiger partial charge >= 0.3 is 0 Å². The summed E-state index contributed by atoms with van der Waals surface area (Å²) < 4.78 is 5.95. The zero-order valence-corrected chi connectivity index (χ0v) is 17.4. The van der Waals surface area contributed by atoms with Crippen LogP contribution in [0.15, 0.2) is 36.7 Å². The van der Waals surface area contributed by atoms with E-state index >= 15 is 0 Å². The summed E-state index contributed by atoms with van der Waals surface area (Å²) in [6.45, 7) is 2.26. The molecule has 1 N–H and O–H groups in total. The normalized spacial score (nSPS) is 21.2. The molecule has 160 valence electrons. The van der Waals surface area contributed by atoms with Crippen molar-refractivity contribution in [3.8, 4) is 5.75 Å². The Morgan fingerprint density at radius 1 is 1.10 bits per heavy atom. The largest absolute Gasteiger partial charge is 0.492 e. The molecule has 7 heteroatoms. The predicted octanol–water partition coefficient (Wildman–Crippen LogP) is 3.04. The van der Waals surface area contributed by atoms with Gasteiger partial charge in [-0.1, -0.05) is 12.1 Å². The summed E-state index contributed by atoms with van der Waals surface area (Å²) in [5.41, 5.74) is 1.75. The molecule has 1 atom stereocenters. The lowest BCUT2D eigenvalue weighted by Gasteiger charge is -2.36. The zero-order valence-electron chi connectivity index (χ0n) is 17.4. The van der Waals surface area contributed by atoms with Crippen molar-refractivity contribution in [3.63, 3.8) is 0 Å². The molecule has 2 aromatic rings. The molecule has 7 nitrogen and oxygen atoms in total. The maximum atomic E-state index is 13.0. The van der Waals surface area contributed by atoms with E-state index in [4.69, 9.17) is 4.74 Å². The number of nitrogens with one attached hydrogen (secondary N) is 1. The van der Waals surface area contributed by atoms with E-state index in [0.717, 1.165) is 38.0 Å². The Morgan fingerprint density at radius 3 is 2.90 bits per heavy atom. The van der Waals surface area contributed by atoms with E-state index in [-0.39, 0.29) is 11.8 Å². The number of hydrogen-bond acceptors (Lipinski definition) is 4. The average Bonchev–Trinajstić information content (AvgIpc) is 3.31. The minimum absolute atomic E-state index is 0.0892. The Balaban J connectivity index is 1.52. The van der Waals surface area contributed by atoms with Gasteiger partial charge in [0.1, 0.15) is 12.4 Å². The first kappa shape index (κ1) is 20.4. The molecule has 0 radical (unpaired) electrons. The Labute approximate surface area is 177 Å². The number of H-pyrrole nitrogens is 1. The number of aromatic amines is 1. The fourth-order valence-electron chi connectivity index (χ4n) is 4.46. The van der Waals surface area contributed by atoms with Crippen LogP contribution in [0.25, 0.3) is 0 Å². The fraction of sp³-hybridized carbons (Fsp3) is 0.522. The fourth-order valence-corrected chi connectivity index (χ4v) is 4.46. The lowest BCUT2D eigenvalue weighted by atomic mass is 9.95. The van der Waals surface area contributed by atoms with Crippen LogP contribution in [0.1, 0.15) is 54.4 Å². The van der Waals surface area contributed by atoms with Crippen LogP contribution >= 0.6 is 0 Å². The molecule has 2 amide bonds. The summed E-state index contributed by atoms with van der Waals surface area (Å²) in [6, 6.07) is 8.48. The number of rotatable bonds is 1. The number of piperidine rings is 1. The van der Waals surface area contributed by atoms with Gasteiger partial charge in [0, 0.05) is 31.7 Å². The number of carbonyl (C=O) groups is 2. The Kier molecular flexibility index (Phi) is 6.67. The van der Waals surface area contributed by atoms with Gasteiger partial charge in [0.05, 0.1) is 18.3 Å². The number of fused-ring (bicyclic) bond motifs is 3. The number of nitrogens with zero attached hydrogens (tertiary/aromatic N) is 3. The molecule has 3 heterocycles. The molecular formula is C23H30N4O3. The second kappa shape index (κ2) is 9.78. The van der Waals surface area contributed by atoms with Gasteiger partial charge in [-0.15, -0.1) is 0 Å². The van der Waals surface area contributed by atoms with Crippen LogP contribution in [0, 0.1) is 0 Å². The van der Waals surface area contributed by atoms with Gasteiger partial charge in [-0.25, -0.2) is 0 Å². The molecule has 1 aromatic heterocycles. The van der Waals surface area contributed by atoms with Gasteiger partial charge in [-0.2, -0.15) is 5.10 Å². The van der Waals surface area contributed by atoms with Crippen molar-refractivity contribution in [1.29, 1.82) is 0 Å². The molecule has 1 saturated heterocycles. The summed E-state index contributed by atoms with van der Waals surface area (Å²) in [5, 5.41) is 6.58. The van der Waals surface area contributed by atoms with Crippen LogP contribution < -0.4 is 4.74 Å². The van der Waals surface area contributed by atoms with Crippen molar-refractivity contribution in [2.45, 2.75) is 51.0 Å². The van der Waals surface area contributed by atoms with Crippen molar-refractivity contribution in [3.05, 3.63) is 47.8 Å². The number of aryl methyl sites for hydroxylation is 1. The third-order valence-electron chi connectivity index (χ3n) is 6.09. The number of ether oxygens (including phenoxy) is 1. The Morgan fingerprint density at radius 2 is 2.03 bits per heavy atom. The van der Waals surface area contributed by atoms with Crippen molar-refractivity contribution >= 4 is 11.8 Å². The summed E-state index contributed by atoms with van der Waals surface area (Å²) in [5.74, 6) is 0.957. The van der Waals surface area contributed by atoms with Gasteiger partial charge in [-0.3, -0.25) is 14.7 Å². The van der Waals surface area contributed by atoms with Crippen LogP contribution in [0.2, 0.25) is 0 Å². The van der Waals surface area contributed by atoms with Gasteiger partial charge in [0.2, 0.25) is 5.91 Å². The van der Waals surface area contributed by atoms with E-state index in [1.165, 1.54) is 18.2 Å². The molecule has 0 aliphatic carbocycles. The highest BCUT2D eigenvalue weighted by molar-refractivity contribution is 5.93. The highest BCUT2D eigenvalue weighted by Gasteiger charge is 2.26. The summed E-state index contributed by atoms with van der Waals surface area (Å²) in [7, 11) is 0. The molecule has 2 aliphatic rings. The number of carbonyl (C=O) groups excluding carboxylic acids is 2. The van der Waals surface area contributed by atoms with E-state index in [1.54, 1.807) is 11.1 Å². The topological polar surface area (TPSA) is 78.5 Å². The van der Waals surface area contributed by atoms with Crippen molar-refractivity contribution < 1.29 is 14.3 Å². The van der Waals surface area contributed by atoms with Crippen molar-refractivity contribution in [1.82, 2.24) is 20.0 Å².